The third kappa shape index (κ3) is 4.97. The van der Waals surface area contributed by atoms with Crippen molar-refractivity contribution in [3.05, 3.63) is 83.1 Å². The number of rotatable bonds is 7. The van der Waals surface area contributed by atoms with E-state index in [2.05, 4.69) is 27.4 Å². The maximum Gasteiger partial charge on any atom is 0.132 e. The summed E-state index contributed by atoms with van der Waals surface area (Å²) in [5.41, 5.74) is 3.34. The summed E-state index contributed by atoms with van der Waals surface area (Å²) in [6.07, 6.45) is 5.55. The monoisotopic (exact) mass is 402 g/mol. The Morgan fingerprint density at radius 1 is 0.966 bits per heavy atom. The fraction of sp³-hybridized carbons (Fsp3) is 0.174. The van der Waals surface area contributed by atoms with Crippen molar-refractivity contribution in [1.29, 1.82) is 0 Å². The van der Waals surface area contributed by atoms with Crippen LogP contribution in [0.3, 0.4) is 0 Å². The first-order chi connectivity index (χ1) is 14.2. The van der Waals surface area contributed by atoms with Crippen LogP contribution in [0.2, 0.25) is 0 Å². The van der Waals surface area contributed by atoms with Crippen LogP contribution in [-0.2, 0) is 12.8 Å². The number of pyridine rings is 2. The molecule has 1 N–H and O–H groups in total. The lowest BCUT2D eigenvalue weighted by molar-refractivity contribution is 0.414. The Bertz CT molecular complexity index is 1090. The van der Waals surface area contributed by atoms with Crippen LogP contribution in [0.5, 0.6) is 5.75 Å². The van der Waals surface area contributed by atoms with Gasteiger partial charge in [-0.3, -0.25) is 0 Å². The molecule has 0 spiro atoms. The second-order valence-corrected chi connectivity index (χ2v) is 7.83. The van der Waals surface area contributed by atoms with Crippen molar-refractivity contribution in [3.63, 3.8) is 0 Å². The molecule has 6 heteroatoms. The molecule has 4 aromatic rings. The van der Waals surface area contributed by atoms with Crippen molar-refractivity contribution < 1.29 is 4.74 Å². The fourth-order valence-corrected chi connectivity index (χ4v) is 3.85. The second kappa shape index (κ2) is 8.84. The van der Waals surface area contributed by atoms with Gasteiger partial charge in [0.05, 0.1) is 22.7 Å². The standard InChI is InChI=1S/C23H22N4OS/c1-16-12-13-24-22(14-16)27-21-5-3-4-19(26-21)20-15-25-23(29-20)11-8-17-6-9-18(28-2)10-7-17/h3-7,9-10,12-15H,8,11H2,1-2H3,(H,24,26,27). The molecule has 0 saturated carbocycles. The van der Waals surface area contributed by atoms with Crippen LogP contribution < -0.4 is 10.1 Å². The molecule has 0 atom stereocenters. The average Bonchev–Trinajstić information content (AvgIpc) is 3.22. The Labute approximate surface area is 174 Å². The maximum atomic E-state index is 5.21. The van der Waals surface area contributed by atoms with Crippen LogP contribution in [0, 0.1) is 6.92 Å². The molecule has 0 aliphatic heterocycles. The summed E-state index contributed by atoms with van der Waals surface area (Å²) in [4.78, 5) is 14.7. The lowest BCUT2D eigenvalue weighted by atomic mass is 10.1. The fourth-order valence-electron chi connectivity index (χ4n) is 2.97. The molecule has 3 heterocycles. The van der Waals surface area contributed by atoms with Crippen LogP contribution >= 0.6 is 11.3 Å². The van der Waals surface area contributed by atoms with E-state index in [0.717, 1.165) is 51.4 Å². The van der Waals surface area contributed by atoms with Gasteiger partial charge in [-0.15, -0.1) is 11.3 Å². The quantitative estimate of drug-likeness (QED) is 0.446. The number of methoxy groups -OCH3 is 1. The smallest absolute Gasteiger partial charge is 0.132 e. The number of ether oxygens (including phenoxy) is 1. The van der Waals surface area contributed by atoms with E-state index in [1.54, 1.807) is 24.6 Å². The Morgan fingerprint density at radius 2 is 1.83 bits per heavy atom. The van der Waals surface area contributed by atoms with Crippen molar-refractivity contribution in [2.75, 3.05) is 12.4 Å². The highest BCUT2D eigenvalue weighted by atomic mass is 32.1. The predicted molar refractivity (Wildman–Crippen MR) is 118 cm³/mol. The van der Waals surface area contributed by atoms with Crippen LogP contribution in [0.15, 0.2) is 67.0 Å². The topological polar surface area (TPSA) is 59.9 Å². The summed E-state index contributed by atoms with van der Waals surface area (Å²) < 4.78 is 5.21. The number of nitrogens with one attached hydrogen (secondary N) is 1. The Kier molecular flexibility index (Phi) is 5.81. The number of benzene rings is 1. The summed E-state index contributed by atoms with van der Waals surface area (Å²) >= 11 is 1.69. The summed E-state index contributed by atoms with van der Waals surface area (Å²) in [6.45, 7) is 2.04. The zero-order chi connectivity index (χ0) is 20.1. The summed E-state index contributed by atoms with van der Waals surface area (Å²) in [5.74, 6) is 2.44. The first-order valence-corrected chi connectivity index (χ1v) is 10.3. The molecule has 5 nitrogen and oxygen atoms in total. The number of nitrogens with zero attached hydrogens (tertiary/aromatic N) is 3. The molecule has 0 saturated heterocycles. The number of thiazole rings is 1. The van der Waals surface area contributed by atoms with Gasteiger partial charge < -0.3 is 10.1 Å². The molecule has 4 rings (SSSR count). The van der Waals surface area contributed by atoms with Crippen molar-refractivity contribution >= 4 is 23.0 Å². The molecule has 0 amide bonds. The van der Waals surface area contributed by atoms with Gasteiger partial charge in [0, 0.05) is 18.8 Å². The third-order valence-corrected chi connectivity index (χ3v) is 5.59. The molecule has 0 radical (unpaired) electrons. The maximum absolute atomic E-state index is 5.21. The highest BCUT2D eigenvalue weighted by Crippen LogP contribution is 2.27. The normalized spacial score (nSPS) is 10.7. The summed E-state index contributed by atoms with van der Waals surface area (Å²) in [5, 5.41) is 4.38. The van der Waals surface area contributed by atoms with Gasteiger partial charge in [0.25, 0.3) is 0 Å². The van der Waals surface area contributed by atoms with Crippen LogP contribution in [0.4, 0.5) is 11.6 Å². The number of hydrogen-bond acceptors (Lipinski definition) is 6. The van der Waals surface area contributed by atoms with E-state index in [1.165, 1.54) is 5.56 Å². The molecule has 146 valence electrons. The third-order valence-electron chi connectivity index (χ3n) is 4.51. The highest BCUT2D eigenvalue weighted by molar-refractivity contribution is 7.15. The molecule has 0 fully saturated rings. The van der Waals surface area contributed by atoms with Crippen LogP contribution in [0.1, 0.15) is 16.1 Å². The summed E-state index contributed by atoms with van der Waals surface area (Å²) in [6, 6.07) is 18.1. The molecule has 0 unspecified atom stereocenters. The lowest BCUT2D eigenvalue weighted by Gasteiger charge is -2.06. The van der Waals surface area contributed by atoms with Gasteiger partial charge in [-0.05, 0) is 60.9 Å². The van der Waals surface area contributed by atoms with Crippen molar-refractivity contribution in [3.8, 4) is 16.3 Å². The van der Waals surface area contributed by atoms with Crippen molar-refractivity contribution in [2.45, 2.75) is 19.8 Å². The van der Waals surface area contributed by atoms with Gasteiger partial charge in [-0.1, -0.05) is 18.2 Å². The average molecular weight is 403 g/mol. The van der Waals surface area contributed by atoms with E-state index in [4.69, 9.17) is 9.72 Å². The minimum atomic E-state index is 0.772. The molecule has 0 aliphatic rings. The summed E-state index contributed by atoms with van der Waals surface area (Å²) in [7, 11) is 1.68. The van der Waals surface area contributed by atoms with Crippen molar-refractivity contribution in [2.24, 2.45) is 0 Å². The first-order valence-electron chi connectivity index (χ1n) is 9.44. The van der Waals surface area contributed by atoms with Gasteiger partial charge in [0.15, 0.2) is 0 Å². The first kappa shape index (κ1) is 19.1. The van der Waals surface area contributed by atoms with Gasteiger partial charge in [0.1, 0.15) is 17.4 Å². The SMILES string of the molecule is COc1ccc(CCc2ncc(-c3cccc(Nc4cc(C)ccn4)n3)s2)cc1. The van der Waals surface area contributed by atoms with E-state index in [9.17, 15) is 0 Å². The number of aryl methyl sites for hydroxylation is 3. The Morgan fingerprint density at radius 3 is 2.62 bits per heavy atom. The van der Waals surface area contributed by atoms with Crippen LogP contribution in [0.25, 0.3) is 10.6 Å². The molecule has 1 aromatic carbocycles. The molecule has 3 aromatic heterocycles. The number of hydrogen-bond donors (Lipinski definition) is 1. The zero-order valence-electron chi connectivity index (χ0n) is 16.4. The number of aromatic nitrogens is 3. The molecular weight excluding hydrogens is 380 g/mol. The lowest BCUT2D eigenvalue weighted by Crippen LogP contribution is -1.96. The molecular formula is C23H22N4OS. The molecule has 0 bridgehead atoms. The van der Waals surface area contributed by atoms with Crippen molar-refractivity contribution in [1.82, 2.24) is 15.0 Å². The predicted octanol–water partition coefficient (Wildman–Crippen LogP) is 5.45. The highest BCUT2D eigenvalue weighted by Gasteiger charge is 2.08. The van der Waals surface area contributed by atoms with Gasteiger partial charge in [-0.25, -0.2) is 15.0 Å². The minimum absolute atomic E-state index is 0.772. The second-order valence-electron chi connectivity index (χ2n) is 6.72. The van der Waals surface area contributed by atoms with Gasteiger partial charge in [-0.2, -0.15) is 0 Å². The molecule has 29 heavy (non-hydrogen) atoms. The Hall–Kier alpha value is -3.25. The van der Waals surface area contributed by atoms with E-state index < -0.39 is 0 Å². The largest absolute Gasteiger partial charge is 0.497 e. The van der Waals surface area contributed by atoms with Crippen LogP contribution in [-0.4, -0.2) is 22.1 Å². The van der Waals surface area contributed by atoms with Gasteiger partial charge >= 0.3 is 0 Å². The minimum Gasteiger partial charge on any atom is -0.497 e. The Balaban J connectivity index is 1.43. The number of anilines is 2. The van der Waals surface area contributed by atoms with E-state index >= 15 is 0 Å². The van der Waals surface area contributed by atoms with E-state index in [-0.39, 0.29) is 0 Å². The molecule has 0 aliphatic carbocycles. The van der Waals surface area contributed by atoms with E-state index in [0.29, 0.717) is 0 Å². The van der Waals surface area contributed by atoms with E-state index in [1.807, 2.05) is 55.6 Å². The van der Waals surface area contributed by atoms with Gasteiger partial charge in [0.2, 0.25) is 0 Å². The zero-order valence-corrected chi connectivity index (χ0v) is 17.2.